The third-order valence-electron chi connectivity index (χ3n) is 1.56. The van der Waals surface area contributed by atoms with E-state index in [9.17, 15) is 4.79 Å². The molecule has 0 bridgehead atoms. The summed E-state index contributed by atoms with van der Waals surface area (Å²) in [5.41, 5.74) is 1.73. The zero-order valence-corrected chi connectivity index (χ0v) is 9.26. The fraction of sp³-hybridized carbons (Fsp3) is 0.182. The Kier molecular flexibility index (Phi) is 3.43. The predicted molar refractivity (Wildman–Crippen MR) is 57.9 cm³/mol. The van der Waals surface area contributed by atoms with Gasteiger partial charge in [0, 0.05) is 10.0 Å². The van der Waals surface area contributed by atoms with Crippen LogP contribution in [0.1, 0.15) is 24.2 Å². The van der Waals surface area contributed by atoms with Crippen molar-refractivity contribution in [2.24, 2.45) is 0 Å². The maximum absolute atomic E-state index is 11.6. The predicted octanol–water partition coefficient (Wildman–Crippen LogP) is 3.60. The molecule has 0 aromatic heterocycles. The summed E-state index contributed by atoms with van der Waals surface area (Å²) in [6.45, 7) is 3.82. The molecule has 0 fully saturated rings. The Morgan fingerprint density at radius 2 is 1.92 bits per heavy atom. The van der Waals surface area contributed by atoms with Gasteiger partial charge in [0.25, 0.3) is 0 Å². The van der Waals surface area contributed by atoms with Gasteiger partial charge in [-0.25, -0.2) is 0 Å². The Morgan fingerprint density at radius 3 is 2.46 bits per heavy atom. The van der Waals surface area contributed by atoms with Crippen molar-refractivity contribution in [3.05, 3.63) is 46.0 Å². The average molecular weight is 239 g/mol. The van der Waals surface area contributed by atoms with Crippen molar-refractivity contribution < 1.29 is 4.79 Å². The van der Waals surface area contributed by atoms with Crippen LogP contribution in [0.5, 0.6) is 0 Å². The van der Waals surface area contributed by atoms with E-state index in [1.807, 2.05) is 38.1 Å². The highest BCUT2D eigenvalue weighted by Crippen LogP contribution is 2.17. The van der Waals surface area contributed by atoms with E-state index in [4.69, 9.17) is 0 Å². The summed E-state index contributed by atoms with van der Waals surface area (Å²) in [5.74, 6) is 0.0486. The summed E-state index contributed by atoms with van der Waals surface area (Å²) in [6, 6.07) is 7.43. The molecule has 0 aliphatic heterocycles. The smallest absolute Gasteiger partial charge is 0.186 e. The minimum absolute atomic E-state index is 0.0486. The molecule has 0 saturated heterocycles. The summed E-state index contributed by atoms with van der Waals surface area (Å²) in [6.07, 6.45) is 1.64. The molecule has 0 atom stereocenters. The lowest BCUT2D eigenvalue weighted by molar-refractivity contribution is 0.104. The lowest BCUT2D eigenvalue weighted by Crippen LogP contribution is -1.95. The molecule has 0 unspecified atom stereocenters. The van der Waals surface area contributed by atoms with Gasteiger partial charge in [-0.15, -0.1) is 0 Å². The molecule has 0 N–H and O–H groups in total. The Morgan fingerprint density at radius 1 is 1.31 bits per heavy atom. The molecule has 0 amide bonds. The normalized spacial score (nSPS) is 9.46. The van der Waals surface area contributed by atoms with Gasteiger partial charge in [-0.05, 0) is 32.1 Å². The molecule has 0 spiro atoms. The number of hydrogen-bond donors (Lipinski definition) is 0. The summed E-state index contributed by atoms with van der Waals surface area (Å²) in [7, 11) is 0. The summed E-state index contributed by atoms with van der Waals surface area (Å²) >= 11 is 3.34. The minimum atomic E-state index is 0.0486. The number of ketones is 1. The average Bonchev–Trinajstić information content (AvgIpc) is 2.03. The number of allylic oxidation sites excluding steroid dienone is 2. The first kappa shape index (κ1) is 10.2. The highest BCUT2D eigenvalue weighted by molar-refractivity contribution is 9.10. The highest BCUT2D eigenvalue weighted by Gasteiger charge is 2.05. The molecule has 0 aliphatic rings. The second kappa shape index (κ2) is 4.38. The van der Waals surface area contributed by atoms with Crippen LogP contribution in [0.2, 0.25) is 0 Å². The zero-order valence-electron chi connectivity index (χ0n) is 7.67. The van der Waals surface area contributed by atoms with E-state index in [-0.39, 0.29) is 5.78 Å². The fourth-order valence-electron chi connectivity index (χ4n) is 1.00. The van der Waals surface area contributed by atoms with Gasteiger partial charge >= 0.3 is 0 Å². The van der Waals surface area contributed by atoms with E-state index in [0.29, 0.717) is 5.56 Å². The first-order valence-electron chi connectivity index (χ1n) is 4.05. The van der Waals surface area contributed by atoms with E-state index in [1.165, 1.54) is 0 Å². The quantitative estimate of drug-likeness (QED) is 0.569. The number of rotatable bonds is 2. The minimum Gasteiger partial charge on any atom is -0.289 e. The summed E-state index contributed by atoms with van der Waals surface area (Å²) < 4.78 is 0.845. The second-order valence-corrected chi connectivity index (χ2v) is 3.92. The fourth-order valence-corrected chi connectivity index (χ4v) is 1.48. The Balaban J connectivity index is 3.03. The van der Waals surface area contributed by atoms with Gasteiger partial charge in [0.2, 0.25) is 0 Å². The molecule has 1 rings (SSSR count). The van der Waals surface area contributed by atoms with Crippen LogP contribution in [0, 0.1) is 0 Å². The molecule has 68 valence electrons. The highest BCUT2D eigenvalue weighted by atomic mass is 79.9. The van der Waals surface area contributed by atoms with Gasteiger partial charge in [-0.2, -0.15) is 0 Å². The summed E-state index contributed by atoms with van der Waals surface area (Å²) in [4.78, 5) is 11.6. The monoisotopic (exact) mass is 238 g/mol. The molecular weight excluding hydrogens is 228 g/mol. The molecule has 0 aliphatic carbocycles. The van der Waals surface area contributed by atoms with E-state index >= 15 is 0 Å². The van der Waals surface area contributed by atoms with Crippen molar-refractivity contribution in [2.45, 2.75) is 13.8 Å². The van der Waals surface area contributed by atoms with Crippen molar-refractivity contribution in [3.8, 4) is 0 Å². The molecule has 13 heavy (non-hydrogen) atoms. The third kappa shape index (κ3) is 2.81. The molecule has 0 radical (unpaired) electrons. The van der Waals surface area contributed by atoms with Gasteiger partial charge in [0.05, 0.1) is 0 Å². The van der Waals surface area contributed by atoms with Crippen LogP contribution in [0.4, 0.5) is 0 Å². The van der Waals surface area contributed by atoms with Crippen LogP contribution >= 0.6 is 15.9 Å². The first-order valence-corrected chi connectivity index (χ1v) is 4.84. The largest absolute Gasteiger partial charge is 0.289 e. The maximum Gasteiger partial charge on any atom is 0.186 e. The van der Waals surface area contributed by atoms with Crippen molar-refractivity contribution in [1.29, 1.82) is 0 Å². The SMILES string of the molecule is CC(C)=CC(=O)c1ccccc1Br. The van der Waals surface area contributed by atoms with E-state index in [2.05, 4.69) is 15.9 Å². The van der Waals surface area contributed by atoms with Gasteiger partial charge in [-0.1, -0.05) is 33.6 Å². The van der Waals surface area contributed by atoms with Crippen molar-refractivity contribution in [3.63, 3.8) is 0 Å². The Labute approximate surface area is 86.6 Å². The van der Waals surface area contributed by atoms with E-state index < -0.39 is 0 Å². The van der Waals surface area contributed by atoms with Crippen LogP contribution in [0.25, 0.3) is 0 Å². The molecule has 1 nitrogen and oxygen atoms in total. The Bertz CT molecular complexity index is 349. The number of carbonyl (C=O) groups excluding carboxylic acids is 1. The molecule has 1 aromatic carbocycles. The molecule has 1 aromatic rings. The molecule has 2 heteroatoms. The molecular formula is C11H11BrO. The lowest BCUT2D eigenvalue weighted by atomic mass is 10.1. The van der Waals surface area contributed by atoms with Crippen LogP contribution in [0.3, 0.4) is 0 Å². The van der Waals surface area contributed by atoms with E-state index in [1.54, 1.807) is 6.08 Å². The van der Waals surface area contributed by atoms with Crippen LogP contribution in [-0.4, -0.2) is 5.78 Å². The molecule has 0 saturated carbocycles. The summed E-state index contributed by atoms with van der Waals surface area (Å²) in [5, 5.41) is 0. The number of hydrogen-bond acceptors (Lipinski definition) is 1. The van der Waals surface area contributed by atoms with Crippen molar-refractivity contribution in [1.82, 2.24) is 0 Å². The number of benzene rings is 1. The lowest BCUT2D eigenvalue weighted by Gasteiger charge is -1.98. The van der Waals surface area contributed by atoms with Crippen LogP contribution < -0.4 is 0 Å². The van der Waals surface area contributed by atoms with Crippen molar-refractivity contribution >= 4 is 21.7 Å². The first-order chi connectivity index (χ1) is 6.11. The number of halogens is 1. The topological polar surface area (TPSA) is 17.1 Å². The zero-order chi connectivity index (χ0) is 9.84. The van der Waals surface area contributed by atoms with Gasteiger partial charge < -0.3 is 0 Å². The molecule has 0 heterocycles. The van der Waals surface area contributed by atoms with Gasteiger partial charge in [0.1, 0.15) is 0 Å². The van der Waals surface area contributed by atoms with Gasteiger partial charge in [0.15, 0.2) is 5.78 Å². The Hall–Kier alpha value is -0.890. The number of carbonyl (C=O) groups is 1. The third-order valence-corrected chi connectivity index (χ3v) is 2.25. The maximum atomic E-state index is 11.6. The van der Waals surface area contributed by atoms with Crippen LogP contribution in [-0.2, 0) is 0 Å². The van der Waals surface area contributed by atoms with Crippen molar-refractivity contribution in [2.75, 3.05) is 0 Å². The second-order valence-electron chi connectivity index (χ2n) is 3.07. The van der Waals surface area contributed by atoms with Crippen LogP contribution in [0.15, 0.2) is 40.4 Å². The standard InChI is InChI=1S/C11H11BrO/c1-8(2)7-11(13)9-5-3-4-6-10(9)12/h3-7H,1-2H3. The van der Waals surface area contributed by atoms with E-state index in [0.717, 1.165) is 10.0 Å². The van der Waals surface area contributed by atoms with Gasteiger partial charge in [-0.3, -0.25) is 4.79 Å².